The summed E-state index contributed by atoms with van der Waals surface area (Å²) in [6, 6.07) is 16.0. The molecule has 2 aromatic carbocycles. The number of ether oxygens (including phenoxy) is 1. The molecule has 0 spiro atoms. The van der Waals surface area contributed by atoms with Gasteiger partial charge in [-0.1, -0.05) is 30.3 Å². The second-order valence-electron chi connectivity index (χ2n) is 3.87. The van der Waals surface area contributed by atoms with Crippen LogP contribution in [0.1, 0.15) is 15.9 Å². The van der Waals surface area contributed by atoms with Crippen molar-refractivity contribution in [2.24, 2.45) is 0 Å². The van der Waals surface area contributed by atoms with E-state index in [0.29, 0.717) is 17.7 Å². The summed E-state index contributed by atoms with van der Waals surface area (Å²) >= 11 is 0. The van der Waals surface area contributed by atoms with Crippen LogP contribution in [0.15, 0.2) is 54.6 Å². The molecule has 3 heteroatoms. The zero-order valence-electron chi connectivity index (χ0n) is 9.87. The van der Waals surface area contributed by atoms with Crippen LogP contribution < -0.4 is 4.74 Å². The number of carbonyl (C=O) groups excluding carboxylic acids is 1. The summed E-state index contributed by atoms with van der Waals surface area (Å²) in [6.45, 7) is 0.114. The monoisotopic (exact) mass is 242 g/mol. The van der Waals surface area contributed by atoms with E-state index in [1.54, 1.807) is 36.4 Å². The van der Waals surface area contributed by atoms with Crippen LogP contribution in [0.2, 0.25) is 0 Å². The summed E-state index contributed by atoms with van der Waals surface area (Å²) < 4.78 is 5.23. The molecule has 1 N–H and O–H groups in total. The highest BCUT2D eigenvalue weighted by molar-refractivity contribution is 5.90. The molecule has 0 radical (unpaired) electrons. The molecule has 0 saturated carbocycles. The lowest BCUT2D eigenvalue weighted by atomic mass is 10.1. The zero-order chi connectivity index (χ0) is 12.8. The fourth-order valence-electron chi connectivity index (χ4n) is 1.59. The lowest BCUT2D eigenvalue weighted by Crippen LogP contribution is -2.08. The number of rotatable bonds is 4. The molecule has 0 aliphatic rings. The van der Waals surface area contributed by atoms with Gasteiger partial charge in [0, 0.05) is 6.61 Å². The molecule has 0 aliphatic heterocycles. The van der Waals surface area contributed by atoms with Crippen LogP contribution in [0.5, 0.6) is 5.75 Å². The Kier molecular flexibility index (Phi) is 4.10. The van der Waals surface area contributed by atoms with Crippen molar-refractivity contribution in [3.8, 4) is 5.75 Å². The van der Waals surface area contributed by atoms with E-state index in [1.807, 2.05) is 18.2 Å². The third-order valence-corrected chi connectivity index (χ3v) is 2.54. The average molecular weight is 242 g/mol. The fraction of sp³-hybridized carbons (Fsp3) is 0.133. The van der Waals surface area contributed by atoms with Gasteiger partial charge in [-0.05, 0) is 36.2 Å². The zero-order valence-corrected chi connectivity index (χ0v) is 9.87. The number of esters is 1. The minimum atomic E-state index is -0.370. The minimum absolute atomic E-state index is 0.114. The Labute approximate surface area is 106 Å². The van der Waals surface area contributed by atoms with E-state index in [-0.39, 0.29) is 12.6 Å². The predicted molar refractivity (Wildman–Crippen MR) is 68.6 cm³/mol. The SMILES string of the molecule is O=C(Oc1ccc(CCO)cc1)c1ccccc1. The molecule has 18 heavy (non-hydrogen) atoms. The van der Waals surface area contributed by atoms with Crippen LogP contribution in [0, 0.1) is 0 Å². The molecule has 0 saturated heterocycles. The third kappa shape index (κ3) is 3.18. The summed E-state index contributed by atoms with van der Waals surface area (Å²) in [5, 5.41) is 8.80. The van der Waals surface area contributed by atoms with Gasteiger partial charge in [-0.15, -0.1) is 0 Å². The molecule has 0 amide bonds. The fourth-order valence-corrected chi connectivity index (χ4v) is 1.59. The van der Waals surface area contributed by atoms with Crippen molar-refractivity contribution in [3.05, 3.63) is 65.7 Å². The van der Waals surface area contributed by atoms with Gasteiger partial charge in [-0.3, -0.25) is 0 Å². The molecule has 92 valence electrons. The first-order valence-electron chi connectivity index (χ1n) is 5.76. The maximum Gasteiger partial charge on any atom is 0.343 e. The van der Waals surface area contributed by atoms with E-state index < -0.39 is 0 Å². The van der Waals surface area contributed by atoms with Gasteiger partial charge < -0.3 is 9.84 Å². The normalized spacial score (nSPS) is 10.1. The molecule has 0 unspecified atom stereocenters. The van der Waals surface area contributed by atoms with Crippen molar-refractivity contribution in [2.75, 3.05) is 6.61 Å². The lowest BCUT2D eigenvalue weighted by molar-refractivity contribution is 0.0734. The Hall–Kier alpha value is -2.13. The largest absolute Gasteiger partial charge is 0.423 e. The standard InChI is InChI=1S/C15H14O3/c16-11-10-12-6-8-14(9-7-12)18-15(17)13-4-2-1-3-5-13/h1-9,16H,10-11H2. The molecule has 0 fully saturated rings. The second-order valence-corrected chi connectivity index (χ2v) is 3.87. The Morgan fingerprint density at radius 2 is 1.67 bits per heavy atom. The predicted octanol–water partition coefficient (Wildman–Crippen LogP) is 2.44. The molecule has 2 aromatic rings. The lowest BCUT2D eigenvalue weighted by Gasteiger charge is -2.05. The first-order chi connectivity index (χ1) is 8.79. The van der Waals surface area contributed by atoms with Gasteiger partial charge >= 0.3 is 5.97 Å². The second kappa shape index (κ2) is 5.98. The maximum absolute atomic E-state index is 11.8. The van der Waals surface area contributed by atoms with Crippen molar-refractivity contribution in [1.29, 1.82) is 0 Å². The molecule has 0 bridgehead atoms. The van der Waals surface area contributed by atoms with Crippen molar-refractivity contribution in [2.45, 2.75) is 6.42 Å². The van der Waals surface area contributed by atoms with Crippen LogP contribution in [-0.4, -0.2) is 17.7 Å². The van der Waals surface area contributed by atoms with Crippen LogP contribution in [-0.2, 0) is 6.42 Å². The van der Waals surface area contributed by atoms with Crippen molar-refractivity contribution >= 4 is 5.97 Å². The minimum Gasteiger partial charge on any atom is -0.423 e. The summed E-state index contributed by atoms with van der Waals surface area (Å²) in [7, 11) is 0. The first kappa shape index (κ1) is 12.3. The molecule has 3 nitrogen and oxygen atoms in total. The van der Waals surface area contributed by atoms with E-state index >= 15 is 0 Å². The van der Waals surface area contributed by atoms with Gasteiger partial charge in [0.05, 0.1) is 5.56 Å². The Morgan fingerprint density at radius 1 is 1.00 bits per heavy atom. The Morgan fingerprint density at radius 3 is 2.28 bits per heavy atom. The van der Waals surface area contributed by atoms with Gasteiger partial charge in [0.1, 0.15) is 5.75 Å². The van der Waals surface area contributed by atoms with E-state index in [4.69, 9.17) is 9.84 Å². The number of benzene rings is 2. The van der Waals surface area contributed by atoms with Crippen LogP contribution >= 0.6 is 0 Å². The Balaban J connectivity index is 2.03. The number of aliphatic hydroxyl groups is 1. The van der Waals surface area contributed by atoms with Crippen LogP contribution in [0.25, 0.3) is 0 Å². The topological polar surface area (TPSA) is 46.5 Å². The van der Waals surface area contributed by atoms with Gasteiger partial charge in [-0.25, -0.2) is 4.79 Å². The van der Waals surface area contributed by atoms with E-state index in [2.05, 4.69) is 0 Å². The number of aliphatic hydroxyl groups excluding tert-OH is 1. The number of hydrogen-bond donors (Lipinski definition) is 1. The highest BCUT2D eigenvalue weighted by Gasteiger charge is 2.07. The van der Waals surface area contributed by atoms with E-state index in [1.165, 1.54) is 0 Å². The van der Waals surface area contributed by atoms with Gasteiger partial charge in [0.15, 0.2) is 0 Å². The highest BCUT2D eigenvalue weighted by Crippen LogP contribution is 2.14. The molecule has 0 heterocycles. The van der Waals surface area contributed by atoms with E-state index in [9.17, 15) is 4.79 Å². The van der Waals surface area contributed by atoms with Crippen molar-refractivity contribution < 1.29 is 14.6 Å². The van der Waals surface area contributed by atoms with Crippen molar-refractivity contribution in [1.82, 2.24) is 0 Å². The molecule has 0 atom stereocenters. The summed E-state index contributed by atoms with van der Waals surface area (Å²) in [4.78, 5) is 11.8. The molecule has 2 rings (SSSR count). The molecular formula is C15H14O3. The van der Waals surface area contributed by atoms with Gasteiger partial charge in [0.25, 0.3) is 0 Å². The smallest absolute Gasteiger partial charge is 0.343 e. The van der Waals surface area contributed by atoms with Crippen LogP contribution in [0.4, 0.5) is 0 Å². The summed E-state index contributed by atoms with van der Waals surface area (Å²) in [6.07, 6.45) is 0.604. The quantitative estimate of drug-likeness (QED) is 0.661. The molecular weight excluding hydrogens is 228 g/mol. The van der Waals surface area contributed by atoms with Gasteiger partial charge in [0.2, 0.25) is 0 Å². The Bertz CT molecular complexity index is 503. The maximum atomic E-state index is 11.8. The summed E-state index contributed by atoms with van der Waals surface area (Å²) in [5.41, 5.74) is 1.54. The van der Waals surface area contributed by atoms with Crippen LogP contribution in [0.3, 0.4) is 0 Å². The van der Waals surface area contributed by atoms with Gasteiger partial charge in [-0.2, -0.15) is 0 Å². The molecule has 0 aliphatic carbocycles. The van der Waals surface area contributed by atoms with Crippen molar-refractivity contribution in [3.63, 3.8) is 0 Å². The third-order valence-electron chi connectivity index (χ3n) is 2.54. The molecule has 0 aromatic heterocycles. The number of carbonyl (C=O) groups is 1. The number of hydrogen-bond acceptors (Lipinski definition) is 3. The average Bonchev–Trinajstić information content (AvgIpc) is 2.42. The highest BCUT2D eigenvalue weighted by atomic mass is 16.5. The van der Waals surface area contributed by atoms with E-state index in [0.717, 1.165) is 5.56 Å². The summed E-state index contributed by atoms with van der Waals surface area (Å²) in [5.74, 6) is 0.135. The first-order valence-corrected chi connectivity index (χ1v) is 5.76.